The quantitative estimate of drug-likeness (QED) is 0.431. The van der Waals surface area contributed by atoms with Crippen molar-refractivity contribution in [3.63, 3.8) is 0 Å². The Morgan fingerprint density at radius 2 is 1.79 bits per heavy atom. The van der Waals surface area contributed by atoms with E-state index in [1.165, 1.54) is 12.1 Å². The Morgan fingerprint density at radius 1 is 1.08 bits per heavy atom. The molecular weight excluding hydrogens is 314 g/mol. The Bertz CT molecular complexity index is 701. The Morgan fingerprint density at radius 3 is 2.46 bits per heavy atom. The van der Waals surface area contributed by atoms with E-state index in [4.69, 9.17) is 14.6 Å². The highest BCUT2D eigenvalue weighted by Crippen LogP contribution is 2.28. The predicted molar refractivity (Wildman–Crippen MR) is 86.5 cm³/mol. The minimum absolute atomic E-state index is 0.0811. The fourth-order valence-electron chi connectivity index (χ4n) is 2.06. The van der Waals surface area contributed by atoms with Crippen molar-refractivity contribution >= 4 is 11.7 Å². The molecule has 0 aliphatic carbocycles. The molecule has 0 saturated carbocycles. The molecule has 2 rings (SSSR count). The Balaban J connectivity index is 1.93. The Labute approximate surface area is 138 Å². The van der Waals surface area contributed by atoms with Gasteiger partial charge in [0.1, 0.15) is 19.0 Å². The monoisotopic (exact) mass is 331 g/mol. The molecule has 0 atom stereocenters. The van der Waals surface area contributed by atoms with E-state index in [-0.39, 0.29) is 37.5 Å². The first-order valence-electron chi connectivity index (χ1n) is 7.36. The summed E-state index contributed by atoms with van der Waals surface area (Å²) in [7, 11) is 0. The first kappa shape index (κ1) is 17.3. The van der Waals surface area contributed by atoms with Crippen LogP contribution in [-0.2, 0) is 11.2 Å². The van der Waals surface area contributed by atoms with Crippen molar-refractivity contribution in [1.82, 2.24) is 0 Å². The van der Waals surface area contributed by atoms with Crippen LogP contribution in [-0.4, -0.2) is 29.2 Å². The molecule has 1 N–H and O–H groups in total. The van der Waals surface area contributed by atoms with Crippen LogP contribution in [0.15, 0.2) is 48.5 Å². The molecule has 2 aromatic carbocycles. The molecule has 0 unspecified atom stereocenters. The van der Waals surface area contributed by atoms with Gasteiger partial charge in [0.15, 0.2) is 5.75 Å². The molecule has 0 saturated heterocycles. The zero-order chi connectivity index (χ0) is 17.4. The molecule has 0 fully saturated rings. The van der Waals surface area contributed by atoms with Gasteiger partial charge in [-0.3, -0.25) is 14.9 Å². The van der Waals surface area contributed by atoms with Crippen molar-refractivity contribution in [1.29, 1.82) is 0 Å². The number of benzene rings is 2. The highest BCUT2D eigenvalue weighted by atomic mass is 16.6. The average Bonchev–Trinajstić information content (AvgIpc) is 2.58. The number of nitro groups is 1. The second kappa shape index (κ2) is 8.52. The predicted octanol–water partition coefficient (Wildman–Crippen LogP) is 3.07. The third-order valence-corrected chi connectivity index (χ3v) is 3.20. The van der Waals surface area contributed by atoms with Crippen molar-refractivity contribution in [2.45, 2.75) is 12.8 Å². The van der Waals surface area contributed by atoms with Gasteiger partial charge in [-0.2, -0.15) is 0 Å². The summed E-state index contributed by atoms with van der Waals surface area (Å²) >= 11 is 0. The minimum Gasteiger partial charge on any atom is -0.490 e. The van der Waals surface area contributed by atoms with E-state index in [0.717, 1.165) is 0 Å². The number of nitrogens with zero attached hydrogens (tertiary/aromatic N) is 1. The normalized spacial score (nSPS) is 10.2. The molecule has 126 valence electrons. The second-order valence-corrected chi connectivity index (χ2v) is 4.96. The van der Waals surface area contributed by atoms with Crippen molar-refractivity contribution in [3.8, 4) is 11.5 Å². The number of ether oxygens (including phenoxy) is 2. The molecule has 0 aliphatic heterocycles. The van der Waals surface area contributed by atoms with Gasteiger partial charge in [-0.25, -0.2) is 0 Å². The van der Waals surface area contributed by atoms with Crippen LogP contribution in [0.25, 0.3) is 0 Å². The molecule has 0 spiro atoms. The van der Waals surface area contributed by atoms with E-state index in [0.29, 0.717) is 11.3 Å². The van der Waals surface area contributed by atoms with E-state index in [1.807, 2.05) is 18.2 Å². The van der Waals surface area contributed by atoms with Gasteiger partial charge in [0.25, 0.3) is 0 Å². The van der Waals surface area contributed by atoms with Gasteiger partial charge < -0.3 is 14.6 Å². The summed E-state index contributed by atoms with van der Waals surface area (Å²) < 4.78 is 10.9. The number of para-hydroxylation sites is 1. The largest absolute Gasteiger partial charge is 0.490 e. The number of aliphatic carboxylic acids is 1. The first-order chi connectivity index (χ1) is 11.6. The van der Waals surface area contributed by atoms with Crippen LogP contribution >= 0.6 is 0 Å². The molecule has 7 heteroatoms. The highest BCUT2D eigenvalue weighted by molar-refractivity contribution is 5.67. The molecule has 24 heavy (non-hydrogen) atoms. The maximum Gasteiger partial charge on any atom is 0.311 e. The van der Waals surface area contributed by atoms with Crippen molar-refractivity contribution in [2.75, 3.05) is 13.2 Å². The SMILES string of the molecule is O=C(O)CCc1ccc(OCCOc2ccccc2)c([N+](=O)[O-])c1. The number of carboxylic acid groups (broad SMARTS) is 1. The fourth-order valence-corrected chi connectivity index (χ4v) is 2.06. The second-order valence-electron chi connectivity index (χ2n) is 4.96. The van der Waals surface area contributed by atoms with E-state index in [1.54, 1.807) is 18.2 Å². The van der Waals surface area contributed by atoms with E-state index < -0.39 is 10.9 Å². The number of carbonyl (C=O) groups is 1. The first-order valence-corrected chi connectivity index (χ1v) is 7.36. The van der Waals surface area contributed by atoms with E-state index in [2.05, 4.69) is 0 Å². The number of rotatable bonds is 9. The van der Waals surface area contributed by atoms with Gasteiger partial charge in [0, 0.05) is 12.5 Å². The van der Waals surface area contributed by atoms with Gasteiger partial charge in [-0.15, -0.1) is 0 Å². The third-order valence-electron chi connectivity index (χ3n) is 3.20. The lowest BCUT2D eigenvalue weighted by molar-refractivity contribution is -0.385. The van der Waals surface area contributed by atoms with Gasteiger partial charge in [-0.05, 0) is 30.2 Å². The summed E-state index contributed by atoms with van der Waals surface area (Å²) in [5.74, 6) is -0.119. The van der Waals surface area contributed by atoms with Crippen molar-refractivity contribution in [2.24, 2.45) is 0 Å². The molecular formula is C17H17NO6. The summed E-state index contributed by atoms with van der Waals surface area (Å²) in [6, 6.07) is 13.6. The highest BCUT2D eigenvalue weighted by Gasteiger charge is 2.16. The number of nitro benzene ring substituents is 1. The zero-order valence-electron chi connectivity index (χ0n) is 12.9. The molecule has 0 bridgehead atoms. The third kappa shape index (κ3) is 5.28. The lowest BCUT2D eigenvalue weighted by atomic mass is 10.1. The number of aryl methyl sites for hydroxylation is 1. The van der Waals surface area contributed by atoms with Crippen LogP contribution in [0, 0.1) is 10.1 Å². The van der Waals surface area contributed by atoms with Crippen LogP contribution in [0.3, 0.4) is 0 Å². The van der Waals surface area contributed by atoms with Crippen LogP contribution in [0.1, 0.15) is 12.0 Å². The maximum absolute atomic E-state index is 11.1. The standard InChI is InChI=1S/C17H17NO6/c19-17(20)9-7-13-6-8-16(15(12-13)18(21)22)24-11-10-23-14-4-2-1-3-5-14/h1-6,8,12H,7,9-11H2,(H,19,20). The van der Waals surface area contributed by atoms with Crippen LogP contribution in [0.4, 0.5) is 5.69 Å². The summed E-state index contributed by atoms with van der Waals surface area (Å²) in [6.07, 6.45) is 0.149. The van der Waals surface area contributed by atoms with E-state index in [9.17, 15) is 14.9 Å². The van der Waals surface area contributed by atoms with Crippen molar-refractivity contribution < 1.29 is 24.3 Å². The summed E-state index contributed by atoms with van der Waals surface area (Å²) in [5.41, 5.74) is 0.398. The zero-order valence-corrected chi connectivity index (χ0v) is 12.9. The lowest BCUT2D eigenvalue weighted by Gasteiger charge is -2.09. The van der Waals surface area contributed by atoms with Crippen molar-refractivity contribution in [3.05, 3.63) is 64.2 Å². The minimum atomic E-state index is -0.948. The van der Waals surface area contributed by atoms with Crippen LogP contribution in [0.2, 0.25) is 0 Å². The number of hydrogen-bond acceptors (Lipinski definition) is 5. The van der Waals surface area contributed by atoms with Crippen LogP contribution < -0.4 is 9.47 Å². The van der Waals surface area contributed by atoms with Gasteiger partial charge in [-0.1, -0.05) is 24.3 Å². The fraction of sp³-hybridized carbons (Fsp3) is 0.235. The number of carboxylic acids is 1. The lowest BCUT2D eigenvalue weighted by Crippen LogP contribution is -2.10. The molecule has 0 aliphatic rings. The average molecular weight is 331 g/mol. The molecule has 0 radical (unpaired) electrons. The molecule has 7 nitrogen and oxygen atoms in total. The molecule has 0 heterocycles. The van der Waals surface area contributed by atoms with E-state index >= 15 is 0 Å². The molecule has 2 aromatic rings. The molecule has 0 aromatic heterocycles. The van der Waals surface area contributed by atoms with Gasteiger partial charge >= 0.3 is 11.7 Å². The summed E-state index contributed by atoms with van der Waals surface area (Å²) in [4.78, 5) is 21.2. The summed E-state index contributed by atoms with van der Waals surface area (Å²) in [5, 5.41) is 19.8. The Kier molecular flexibility index (Phi) is 6.13. The molecule has 0 amide bonds. The van der Waals surface area contributed by atoms with Crippen LogP contribution in [0.5, 0.6) is 11.5 Å². The number of hydrogen-bond donors (Lipinski definition) is 1. The summed E-state index contributed by atoms with van der Waals surface area (Å²) in [6.45, 7) is 0.409. The Hall–Kier alpha value is -3.09. The van der Waals surface area contributed by atoms with Gasteiger partial charge in [0.2, 0.25) is 0 Å². The maximum atomic E-state index is 11.1. The van der Waals surface area contributed by atoms with Gasteiger partial charge in [0.05, 0.1) is 4.92 Å². The smallest absolute Gasteiger partial charge is 0.311 e. The topological polar surface area (TPSA) is 98.9 Å².